The summed E-state index contributed by atoms with van der Waals surface area (Å²) in [6.45, 7) is 2.38. The predicted octanol–water partition coefficient (Wildman–Crippen LogP) is 4.75. The van der Waals surface area contributed by atoms with E-state index in [1.165, 1.54) is 0 Å². The van der Waals surface area contributed by atoms with Gasteiger partial charge in [0.25, 0.3) is 5.91 Å². The highest BCUT2D eigenvalue weighted by Gasteiger charge is 2.13. The first kappa shape index (κ1) is 14.9. The van der Waals surface area contributed by atoms with Crippen LogP contribution in [0, 0.1) is 0 Å². The Morgan fingerprint density at radius 3 is 2.80 bits per heavy atom. The van der Waals surface area contributed by atoms with Gasteiger partial charge in [-0.25, -0.2) is 0 Å². The summed E-state index contributed by atoms with van der Waals surface area (Å²) in [6.07, 6.45) is 0. The monoisotopic (exact) mass is 353 g/mol. The fraction of sp³-hybridized carbons (Fsp3) is 0.133. The number of ether oxygens (including phenoxy) is 1. The van der Waals surface area contributed by atoms with Gasteiger partial charge >= 0.3 is 0 Å². The van der Waals surface area contributed by atoms with Crippen molar-refractivity contribution in [3.63, 3.8) is 0 Å². The molecule has 0 spiro atoms. The Bertz CT molecular complexity index is 631. The maximum atomic E-state index is 12.3. The van der Waals surface area contributed by atoms with Gasteiger partial charge in [-0.05, 0) is 37.3 Å². The van der Waals surface area contributed by atoms with Crippen LogP contribution >= 0.6 is 27.5 Å². The molecule has 0 aliphatic heterocycles. The first-order valence-electron chi connectivity index (χ1n) is 6.10. The van der Waals surface area contributed by atoms with E-state index in [2.05, 4.69) is 21.2 Å². The summed E-state index contributed by atoms with van der Waals surface area (Å²) < 4.78 is 6.29. The van der Waals surface area contributed by atoms with Crippen molar-refractivity contribution < 1.29 is 9.53 Å². The van der Waals surface area contributed by atoms with Crippen LogP contribution in [-0.2, 0) is 0 Å². The second-order valence-corrected chi connectivity index (χ2v) is 5.33. The van der Waals surface area contributed by atoms with Gasteiger partial charge in [0.15, 0.2) is 0 Å². The zero-order valence-corrected chi connectivity index (χ0v) is 13.2. The number of carbonyl (C=O) groups is 1. The van der Waals surface area contributed by atoms with Crippen LogP contribution in [0.15, 0.2) is 46.9 Å². The Labute approximate surface area is 131 Å². The molecule has 0 bridgehead atoms. The fourth-order valence-electron chi connectivity index (χ4n) is 1.72. The maximum absolute atomic E-state index is 12.3. The van der Waals surface area contributed by atoms with Crippen LogP contribution < -0.4 is 10.1 Å². The Kier molecular flexibility index (Phi) is 5.04. The molecule has 0 aromatic heterocycles. The van der Waals surface area contributed by atoms with E-state index in [-0.39, 0.29) is 5.91 Å². The summed E-state index contributed by atoms with van der Waals surface area (Å²) >= 11 is 9.41. The third-order valence-corrected chi connectivity index (χ3v) is 3.43. The smallest absolute Gasteiger partial charge is 0.259 e. The number of hydrogen-bond donors (Lipinski definition) is 1. The Morgan fingerprint density at radius 1 is 1.30 bits per heavy atom. The first-order valence-corrected chi connectivity index (χ1v) is 7.27. The summed E-state index contributed by atoms with van der Waals surface area (Å²) in [5, 5.41) is 3.27. The molecule has 2 aromatic rings. The van der Waals surface area contributed by atoms with Crippen molar-refractivity contribution in [1.82, 2.24) is 0 Å². The van der Waals surface area contributed by atoms with Crippen LogP contribution in [0.5, 0.6) is 5.75 Å². The summed E-state index contributed by atoms with van der Waals surface area (Å²) in [4.78, 5) is 12.3. The van der Waals surface area contributed by atoms with E-state index < -0.39 is 0 Å². The van der Waals surface area contributed by atoms with Crippen molar-refractivity contribution in [3.05, 3.63) is 57.5 Å². The Balaban J connectivity index is 2.26. The van der Waals surface area contributed by atoms with Crippen LogP contribution in [-0.4, -0.2) is 12.5 Å². The molecule has 0 radical (unpaired) electrons. The van der Waals surface area contributed by atoms with Gasteiger partial charge in [-0.1, -0.05) is 39.7 Å². The number of nitrogens with one attached hydrogen (secondary N) is 1. The molecular weight excluding hydrogens is 342 g/mol. The number of halogens is 2. The van der Waals surface area contributed by atoms with Crippen LogP contribution in [0.4, 0.5) is 5.69 Å². The third-order valence-electron chi connectivity index (χ3n) is 2.61. The number of para-hydroxylation sites is 1. The molecule has 3 nitrogen and oxygen atoms in total. The van der Waals surface area contributed by atoms with Crippen LogP contribution in [0.3, 0.4) is 0 Å². The first-order chi connectivity index (χ1) is 9.61. The van der Waals surface area contributed by atoms with E-state index in [4.69, 9.17) is 16.3 Å². The fourth-order valence-corrected chi connectivity index (χ4v) is 2.24. The lowest BCUT2D eigenvalue weighted by Gasteiger charge is -2.11. The van der Waals surface area contributed by atoms with Gasteiger partial charge in [-0.2, -0.15) is 0 Å². The molecule has 0 saturated carbocycles. The van der Waals surface area contributed by atoms with Gasteiger partial charge in [0.05, 0.1) is 22.9 Å². The molecule has 2 rings (SSSR count). The minimum Gasteiger partial charge on any atom is -0.493 e. The molecule has 0 fully saturated rings. The summed E-state index contributed by atoms with van der Waals surface area (Å²) in [5.74, 6) is 0.299. The summed E-state index contributed by atoms with van der Waals surface area (Å²) in [6, 6.07) is 12.4. The van der Waals surface area contributed by atoms with Gasteiger partial charge < -0.3 is 10.1 Å². The number of rotatable bonds is 4. The highest BCUT2D eigenvalue weighted by Crippen LogP contribution is 2.27. The number of anilines is 1. The largest absolute Gasteiger partial charge is 0.493 e. The van der Waals surface area contributed by atoms with Gasteiger partial charge in [-0.15, -0.1) is 0 Å². The minimum atomic E-state index is -0.256. The number of benzene rings is 2. The SMILES string of the molecule is CCOc1ccccc1C(=O)Nc1cc(Br)ccc1Cl. The van der Waals surface area contributed by atoms with Crippen LogP contribution in [0.2, 0.25) is 5.02 Å². The topological polar surface area (TPSA) is 38.3 Å². The molecule has 2 aromatic carbocycles. The quantitative estimate of drug-likeness (QED) is 0.860. The molecule has 0 atom stereocenters. The lowest BCUT2D eigenvalue weighted by Crippen LogP contribution is -2.14. The van der Waals surface area contributed by atoms with Crippen molar-refractivity contribution in [3.8, 4) is 5.75 Å². The van der Waals surface area contributed by atoms with Crippen molar-refractivity contribution in [2.75, 3.05) is 11.9 Å². The molecular formula is C15H13BrClNO2. The van der Waals surface area contributed by atoms with Gasteiger partial charge in [0.2, 0.25) is 0 Å². The average Bonchev–Trinajstić information content (AvgIpc) is 2.44. The zero-order chi connectivity index (χ0) is 14.5. The van der Waals surface area contributed by atoms with E-state index in [0.29, 0.717) is 28.6 Å². The average molecular weight is 355 g/mol. The summed E-state index contributed by atoms with van der Waals surface area (Å²) in [5.41, 5.74) is 1.03. The zero-order valence-electron chi connectivity index (χ0n) is 10.8. The van der Waals surface area contributed by atoms with E-state index in [1.54, 1.807) is 30.3 Å². The second kappa shape index (κ2) is 6.77. The lowest BCUT2D eigenvalue weighted by atomic mass is 10.2. The molecule has 1 amide bonds. The Hall–Kier alpha value is -1.52. The van der Waals surface area contributed by atoms with Gasteiger partial charge in [0.1, 0.15) is 5.75 Å². The molecule has 20 heavy (non-hydrogen) atoms. The van der Waals surface area contributed by atoms with Gasteiger partial charge in [-0.3, -0.25) is 4.79 Å². The van der Waals surface area contributed by atoms with E-state index >= 15 is 0 Å². The number of amides is 1. The van der Waals surface area contributed by atoms with E-state index in [0.717, 1.165) is 4.47 Å². The minimum absolute atomic E-state index is 0.256. The highest BCUT2D eigenvalue weighted by atomic mass is 79.9. The molecule has 0 aliphatic rings. The van der Waals surface area contributed by atoms with Crippen molar-refractivity contribution in [2.45, 2.75) is 6.92 Å². The van der Waals surface area contributed by atoms with Crippen molar-refractivity contribution in [2.24, 2.45) is 0 Å². The molecule has 0 heterocycles. The normalized spacial score (nSPS) is 10.2. The number of hydrogen-bond acceptors (Lipinski definition) is 2. The Morgan fingerprint density at radius 2 is 2.05 bits per heavy atom. The van der Waals surface area contributed by atoms with Crippen LogP contribution in [0.25, 0.3) is 0 Å². The third kappa shape index (κ3) is 3.52. The maximum Gasteiger partial charge on any atom is 0.259 e. The van der Waals surface area contributed by atoms with Crippen molar-refractivity contribution >= 4 is 39.1 Å². The lowest BCUT2D eigenvalue weighted by molar-refractivity contribution is 0.102. The van der Waals surface area contributed by atoms with Crippen molar-refractivity contribution in [1.29, 1.82) is 0 Å². The molecule has 1 N–H and O–H groups in total. The molecule has 0 unspecified atom stereocenters. The van der Waals surface area contributed by atoms with Gasteiger partial charge in [0, 0.05) is 4.47 Å². The van der Waals surface area contributed by atoms with Crippen LogP contribution in [0.1, 0.15) is 17.3 Å². The van der Waals surface area contributed by atoms with E-state index in [1.807, 2.05) is 19.1 Å². The molecule has 0 aliphatic carbocycles. The number of carbonyl (C=O) groups excluding carboxylic acids is 1. The van der Waals surface area contributed by atoms with E-state index in [9.17, 15) is 4.79 Å². The highest BCUT2D eigenvalue weighted by molar-refractivity contribution is 9.10. The second-order valence-electron chi connectivity index (χ2n) is 4.01. The molecule has 0 saturated heterocycles. The summed E-state index contributed by atoms with van der Waals surface area (Å²) in [7, 11) is 0. The standard InChI is InChI=1S/C15H13BrClNO2/c1-2-20-14-6-4-3-5-11(14)15(19)18-13-9-10(16)7-8-12(13)17/h3-9H,2H2,1H3,(H,18,19). The molecule has 5 heteroatoms. The molecule has 104 valence electrons. The predicted molar refractivity (Wildman–Crippen MR) is 84.7 cm³/mol.